The number of piperidine rings is 1. The van der Waals surface area contributed by atoms with Crippen LogP contribution in [0, 0.1) is 0 Å². The maximum absolute atomic E-state index is 12.5. The van der Waals surface area contributed by atoms with Crippen molar-refractivity contribution in [2.45, 2.75) is 31.7 Å². The second-order valence-corrected chi connectivity index (χ2v) is 5.29. The zero-order valence-electron chi connectivity index (χ0n) is 12.7. The van der Waals surface area contributed by atoms with E-state index < -0.39 is 6.04 Å². The van der Waals surface area contributed by atoms with Crippen LogP contribution in [0.5, 0.6) is 0 Å². The second-order valence-electron chi connectivity index (χ2n) is 5.29. The van der Waals surface area contributed by atoms with E-state index in [1.165, 1.54) is 0 Å². The largest absolute Gasteiger partial charge is 0.354 e. The molecule has 1 fully saturated rings. The first-order chi connectivity index (χ1) is 10.2. The zero-order valence-corrected chi connectivity index (χ0v) is 13.5. The first kappa shape index (κ1) is 18.5. The predicted octanol–water partition coefficient (Wildman–Crippen LogP) is 1.63. The highest BCUT2D eigenvalue weighted by atomic mass is 35.5. The minimum Gasteiger partial charge on any atom is -0.354 e. The van der Waals surface area contributed by atoms with Crippen molar-refractivity contribution in [3.8, 4) is 0 Å². The second kappa shape index (κ2) is 9.43. The van der Waals surface area contributed by atoms with E-state index in [4.69, 9.17) is 5.73 Å². The highest BCUT2D eigenvalue weighted by molar-refractivity contribution is 5.89. The van der Waals surface area contributed by atoms with Crippen molar-refractivity contribution in [3.05, 3.63) is 35.9 Å². The molecule has 0 bridgehead atoms. The number of hydrogen-bond acceptors (Lipinski definition) is 3. The minimum atomic E-state index is -0.531. The molecular formula is C16H24ClN3O2. The Labute approximate surface area is 137 Å². The number of rotatable bonds is 6. The molecule has 0 radical (unpaired) electrons. The summed E-state index contributed by atoms with van der Waals surface area (Å²) in [5, 5.41) is 2.89. The topological polar surface area (TPSA) is 75.4 Å². The molecule has 3 N–H and O–H groups in total. The maximum atomic E-state index is 12.5. The Hall–Kier alpha value is -1.59. The van der Waals surface area contributed by atoms with Gasteiger partial charge in [0.2, 0.25) is 11.8 Å². The normalized spacial score (nSPS) is 15.9. The zero-order chi connectivity index (χ0) is 15.1. The number of benzene rings is 1. The van der Waals surface area contributed by atoms with E-state index in [0.717, 1.165) is 24.8 Å². The van der Waals surface area contributed by atoms with Crippen molar-refractivity contribution < 1.29 is 9.59 Å². The average molecular weight is 326 g/mol. The summed E-state index contributed by atoms with van der Waals surface area (Å²) in [5.74, 6) is -0.0611. The monoisotopic (exact) mass is 325 g/mol. The van der Waals surface area contributed by atoms with E-state index >= 15 is 0 Å². The number of nitrogens with zero attached hydrogens (tertiary/aromatic N) is 1. The molecule has 0 spiro atoms. The van der Waals surface area contributed by atoms with E-state index in [2.05, 4.69) is 5.32 Å². The number of nitrogens with one attached hydrogen (secondary N) is 1. The minimum absolute atomic E-state index is 0. The van der Waals surface area contributed by atoms with Gasteiger partial charge in [0.15, 0.2) is 0 Å². The molecule has 1 unspecified atom stereocenters. The summed E-state index contributed by atoms with van der Waals surface area (Å²) < 4.78 is 0. The molecule has 6 heteroatoms. The summed E-state index contributed by atoms with van der Waals surface area (Å²) in [6, 6.07) is 8.96. The highest BCUT2D eigenvalue weighted by Crippen LogP contribution is 2.25. The third-order valence-electron chi connectivity index (χ3n) is 3.72. The fourth-order valence-corrected chi connectivity index (χ4v) is 2.62. The predicted molar refractivity (Wildman–Crippen MR) is 88.7 cm³/mol. The van der Waals surface area contributed by atoms with Crippen LogP contribution in [0.15, 0.2) is 30.3 Å². The van der Waals surface area contributed by atoms with Crippen molar-refractivity contribution in [2.75, 3.05) is 19.6 Å². The first-order valence-electron chi connectivity index (χ1n) is 7.56. The van der Waals surface area contributed by atoms with Crippen LogP contribution in [-0.4, -0.2) is 36.3 Å². The summed E-state index contributed by atoms with van der Waals surface area (Å²) in [5.41, 5.74) is 6.31. The van der Waals surface area contributed by atoms with Crippen LogP contribution in [0.2, 0.25) is 0 Å². The fraction of sp³-hybridized carbons (Fsp3) is 0.500. The molecular weight excluding hydrogens is 302 g/mol. The van der Waals surface area contributed by atoms with Gasteiger partial charge >= 0.3 is 0 Å². The summed E-state index contributed by atoms with van der Waals surface area (Å²) >= 11 is 0. The molecule has 0 saturated carbocycles. The van der Waals surface area contributed by atoms with Crippen molar-refractivity contribution in [3.63, 3.8) is 0 Å². The number of carbonyl (C=O) groups excluding carboxylic acids is 2. The van der Waals surface area contributed by atoms with E-state index in [0.29, 0.717) is 26.1 Å². The fourth-order valence-electron chi connectivity index (χ4n) is 2.62. The number of likely N-dealkylation sites (tertiary alicyclic amines) is 1. The van der Waals surface area contributed by atoms with Gasteiger partial charge in [0.05, 0.1) is 0 Å². The Morgan fingerprint density at radius 2 is 2.00 bits per heavy atom. The Kier molecular flexibility index (Phi) is 7.91. The first-order valence-corrected chi connectivity index (χ1v) is 7.56. The van der Waals surface area contributed by atoms with Gasteiger partial charge in [-0.15, -0.1) is 12.4 Å². The van der Waals surface area contributed by atoms with Gasteiger partial charge in [-0.3, -0.25) is 9.59 Å². The van der Waals surface area contributed by atoms with Crippen molar-refractivity contribution >= 4 is 24.2 Å². The van der Waals surface area contributed by atoms with Gasteiger partial charge in [-0.05, 0) is 31.4 Å². The van der Waals surface area contributed by atoms with Gasteiger partial charge in [0.25, 0.3) is 0 Å². The lowest BCUT2D eigenvalue weighted by Crippen LogP contribution is -2.46. The Morgan fingerprint density at radius 1 is 1.27 bits per heavy atom. The lowest BCUT2D eigenvalue weighted by molar-refractivity contribution is -0.142. The Morgan fingerprint density at radius 3 is 2.64 bits per heavy atom. The molecule has 0 aliphatic carbocycles. The molecule has 5 nitrogen and oxygen atoms in total. The van der Waals surface area contributed by atoms with Crippen molar-refractivity contribution in [2.24, 2.45) is 5.73 Å². The van der Waals surface area contributed by atoms with Crippen LogP contribution in [0.3, 0.4) is 0 Å². The molecule has 1 aliphatic heterocycles. The van der Waals surface area contributed by atoms with Gasteiger partial charge < -0.3 is 16.0 Å². The molecule has 1 aliphatic rings. The summed E-state index contributed by atoms with van der Waals surface area (Å²) in [6.45, 7) is 1.72. The lowest BCUT2D eigenvalue weighted by Gasteiger charge is -2.34. The summed E-state index contributed by atoms with van der Waals surface area (Å²) in [6.07, 6.45) is 3.12. The molecule has 22 heavy (non-hydrogen) atoms. The van der Waals surface area contributed by atoms with Crippen LogP contribution >= 0.6 is 12.4 Å². The SMILES string of the molecule is Cl.NCCCNC(=O)C(c1ccccc1)N1CCCCC1=O. The summed E-state index contributed by atoms with van der Waals surface area (Å²) in [4.78, 5) is 26.4. The van der Waals surface area contributed by atoms with Crippen LogP contribution in [0.1, 0.15) is 37.3 Å². The molecule has 1 saturated heterocycles. The highest BCUT2D eigenvalue weighted by Gasteiger charge is 2.32. The molecule has 1 heterocycles. The van der Waals surface area contributed by atoms with Gasteiger partial charge in [-0.25, -0.2) is 0 Å². The van der Waals surface area contributed by atoms with Crippen LogP contribution in [0.4, 0.5) is 0 Å². The molecule has 1 aromatic rings. The van der Waals surface area contributed by atoms with Crippen LogP contribution in [-0.2, 0) is 9.59 Å². The van der Waals surface area contributed by atoms with Crippen LogP contribution < -0.4 is 11.1 Å². The number of amides is 2. The molecule has 1 aromatic carbocycles. The summed E-state index contributed by atoms with van der Waals surface area (Å²) in [7, 11) is 0. The van der Waals surface area contributed by atoms with Gasteiger partial charge in [-0.1, -0.05) is 30.3 Å². The third kappa shape index (κ3) is 4.71. The van der Waals surface area contributed by atoms with E-state index in [-0.39, 0.29) is 24.2 Å². The number of halogens is 1. The van der Waals surface area contributed by atoms with Crippen molar-refractivity contribution in [1.29, 1.82) is 0 Å². The molecule has 0 aromatic heterocycles. The number of carbonyl (C=O) groups is 2. The quantitative estimate of drug-likeness (QED) is 0.780. The standard InChI is InChI=1S/C16H23N3O2.ClH/c17-10-6-11-18-16(21)15(13-7-2-1-3-8-13)19-12-5-4-9-14(19)20;/h1-3,7-8,15H,4-6,9-12,17H2,(H,18,21);1H. The molecule has 1 atom stereocenters. The average Bonchev–Trinajstić information content (AvgIpc) is 2.51. The van der Waals surface area contributed by atoms with Gasteiger partial charge in [0.1, 0.15) is 6.04 Å². The Balaban J connectivity index is 0.00000242. The molecule has 122 valence electrons. The number of nitrogens with two attached hydrogens (primary N) is 1. The van der Waals surface area contributed by atoms with E-state index in [1.807, 2.05) is 30.3 Å². The van der Waals surface area contributed by atoms with Crippen LogP contribution in [0.25, 0.3) is 0 Å². The molecule has 2 rings (SSSR count). The van der Waals surface area contributed by atoms with Gasteiger partial charge in [0, 0.05) is 19.5 Å². The third-order valence-corrected chi connectivity index (χ3v) is 3.72. The lowest BCUT2D eigenvalue weighted by atomic mass is 10.0. The molecule has 2 amide bonds. The van der Waals surface area contributed by atoms with Crippen molar-refractivity contribution in [1.82, 2.24) is 10.2 Å². The Bertz CT molecular complexity index is 482. The van der Waals surface area contributed by atoms with E-state index in [9.17, 15) is 9.59 Å². The van der Waals surface area contributed by atoms with Gasteiger partial charge in [-0.2, -0.15) is 0 Å². The number of hydrogen-bond donors (Lipinski definition) is 2. The van der Waals surface area contributed by atoms with E-state index in [1.54, 1.807) is 4.90 Å². The smallest absolute Gasteiger partial charge is 0.247 e. The maximum Gasteiger partial charge on any atom is 0.247 e.